The van der Waals surface area contributed by atoms with Crippen molar-refractivity contribution < 1.29 is 9.59 Å². The van der Waals surface area contributed by atoms with Crippen LogP contribution >= 0.6 is 15.9 Å². The maximum absolute atomic E-state index is 12.8. The fourth-order valence-electron chi connectivity index (χ4n) is 3.55. The first-order valence-corrected chi connectivity index (χ1v) is 7.75. The number of halogens is 1. The molecular formula is C16H17BrO2. The Morgan fingerprint density at radius 3 is 2.42 bits per heavy atom. The summed E-state index contributed by atoms with van der Waals surface area (Å²) in [7, 11) is 0. The van der Waals surface area contributed by atoms with Gasteiger partial charge in [-0.2, -0.15) is 0 Å². The zero-order valence-electron chi connectivity index (χ0n) is 10.9. The summed E-state index contributed by atoms with van der Waals surface area (Å²) < 4.78 is 0.970. The topological polar surface area (TPSA) is 34.1 Å². The quantitative estimate of drug-likeness (QED) is 0.721. The van der Waals surface area contributed by atoms with Crippen molar-refractivity contribution in [2.75, 3.05) is 0 Å². The molecule has 0 aromatic heterocycles. The summed E-state index contributed by atoms with van der Waals surface area (Å²) >= 11 is 3.44. The molecule has 0 radical (unpaired) electrons. The van der Waals surface area contributed by atoms with Gasteiger partial charge in [-0.05, 0) is 49.8 Å². The van der Waals surface area contributed by atoms with Crippen LogP contribution in [-0.2, 0) is 11.2 Å². The van der Waals surface area contributed by atoms with Gasteiger partial charge in [0.25, 0.3) is 0 Å². The molecule has 0 saturated heterocycles. The Bertz CT molecular complexity index is 536. The number of fused-ring (bicyclic) bond motifs is 1. The fraction of sp³-hybridized carbons (Fsp3) is 0.500. The van der Waals surface area contributed by atoms with Crippen LogP contribution in [0.15, 0.2) is 22.7 Å². The molecule has 1 aromatic carbocycles. The summed E-state index contributed by atoms with van der Waals surface area (Å²) in [5, 5.41) is 0. The molecule has 0 amide bonds. The maximum atomic E-state index is 12.8. The predicted octanol–water partition coefficient (Wildman–Crippen LogP) is 4.10. The van der Waals surface area contributed by atoms with Crippen LogP contribution in [0.3, 0.4) is 0 Å². The van der Waals surface area contributed by atoms with Crippen molar-refractivity contribution in [2.24, 2.45) is 5.41 Å². The molecule has 0 bridgehead atoms. The highest BCUT2D eigenvalue weighted by Gasteiger charge is 2.44. The Morgan fingerprint density at radius 1 is 1.05 bits per heavy atom. The lowest BCUT2D eigenvalue weighted by atomic mass is 9.73. The monoisotopic (exact) mass is 320 g/mol. The number of rotatable bonds is 0. The molecule has 0 aliphatic heterocycles. The van der Waals surface area contributed by atoms with Crippen molar-refractivity contribution in [1.82, 2.24) is 0 Å². The molecule has 1 spiro atoms. The fourth-order valence-corrected chi connectivity index (χ4v) is 3.91. The molecule has 2 aliphatic rings. The normalized spacial score (nSPS) is 22.2. The van der Waals surface area contributed by atoms with E-state index < -0.39 is 0 Å². The van der Waals surface area contributed by atoms with Gasteiger partial charge in [0, 0.05) is 28.3 Å². The third-order valence-corrected chi connectivity index (χ3v) is 5.04. The smallest absolute Gasteiger partial charge is 0.169 e. The molecule has 0 atom stereocenters. The van der Waals surface area contributed by atoms with Crippen LogP contribution in [0.5, 0.6) is 0 Å². The van der Waals surface area contributed by atoms with E-state index in [1.807, 2.05) is 12.1 Å². The van der Waals surface area contributed by atoms with E-state index in [2.05, 4.69) is 22.0 Å². The van der Waals surface area contributed by atoms with Crippen molar-refractivity contribution in [3.05, 3.63) is 33.8 Å². The van der Waals surface area contributed by atoms with Crippen molar-refractivity contribution >= 4 is 27.5 Å². The van der Waals surface area contributed by atoms with Gasteiger partial charge >= 0.3 is 0 Å². The first kappa shape index (κ1) is 13.0. The van der Waals surface area contributed by atoms with Crippen LogP contribution in [0.25, 0.3) is 0 Å². The van der Waals surface area contributed by atoms with Crippen molar-refractivity contribution in [1.29, 1.82) is 0 Å². The van der Waals surface area contributed by atoms with Crippen LogP contribution in [0.1, 0.15) is 54.4 Å². The van der Waals surface area contributed by atoms with Crippen molar-refractivity contribution in [3.8, 4) is 0 Å². The van der Waals surface area contributed by atoms with Gasteiger partial charge in [0.1, 0.15) is 5.78 Å². The molecule has 3 rings (SSSR count). The van der Waals surface area contributed by atoms with E-state index in [9.17, 15) is 9.59 Å². The minimum atomic E-state index is -0.218. The number of hydrogen-bond donors (Lipinski definition) is 0. The predicted molar refractivity (Wildman–Crippen MR) is 77.3 cm³/mol. The van der Waals surface area contributed by atoms with E-state index in [1.165, 1.54) is 5.56 Å². The number of carbonyl (C=O) groups is 2. The molecule has 0 heterocycles. The van der Waals surface area contributed by atoms with Crippen LogP contribution in [0, 0.1) is 5.41 Å². The Kier molecular flexibility index (Phi) is 3.34. The van der Waals surface area contributed by atoms with E-state index in [1.54, 1.807) is 0 Å². The van der Waals surface area contributed by atoms with Gasteiger partial charge in [0.2, 0.25) is 0 Å². The van der Waals surface area contributed by atoms with Crippen LogP contribution in [0.4, 0.5) is 0 Å². The van der Waals surface area contributed by atoms with Crippen molar-refractivity contribution in [2.45, 2.75) is 44.9 Å². The Labute approximate surface area is 121 Å². The molecule has 3 heteroatoms. The molecule has 100 valence electrons. The summed E-state index contributed by atoms with van der Waals surface area (Å²) in [6.45, 7) is 0. The lowest BCUT2D eigenvalue weighted by Crippen LogP contribution is -2.29. The number of benzene rings is 1. The van der Waals surface area contributed by atoms with Gasteiger partial charge in [-0.25, -0.2) is 0 Å². The lowest BCUT2D eigenvalue weighted by molar-refractivity contribution is -0.119. The number of hydrogen-bond acceptors (Lipinski definition) is 2. The summed E-state index contributed by atoms with van der Waals surface area (Å²) in [5.74, 6) is 0.665. The molecule has 1 saturated carbocycles. The van der Waals surface area contributed by atoms with Crippen LogP contribution in [-0.4, -0.2) is 11.6 Å². The van der Waals surface area contributed by atoms with E-state index in [0.29, 0.717) is 24.4 Å². The Hall–Kier alpha value is -0.960. The average molecular weight is 321 g/mol. The second-order valence-corrected chi connectivity index (χ2v) is 6.75. The van der Waals surface area contributed by atoms with Gasteiger partial charge in [-0.3, -0.25) is 9.59 Å². The molecular weight excluding hydrogens is 304 g/mol. The van der Waals surface area contributed by atoms with Gasteiger partial charge in [0.15, 0.2) is 5.78 Å². The van der Waals surface area contributed by atoms with E-state index in [0.717, 1.165) is 42.1 Å². The third-order valence-electron chi connectivity index (χ3n) is 4.55. The Morgan fingerprint density at radius 2 is 1.74 bits per heavy atom. The molecule has 2 nitrogen and oxygen atoms in total. The lowest BCUT2D eigenvalue weighted by Gasteiger charge is -2.29. The standard InChI is InChI=1S/C16H17BrO2/c17-12-6-5-11-10-16(15(19)14(11)9-12)7-1-3-13(18)4-2-8-16/h5-6,9H,1-4,7-8,10H2. The van der Waals surface area contributed by atoms with Gasteiger partial charge in [-0.15, -0.1) is 0 Å². The van der Waals surface area contributed by atoms with Crippen LogP contribution in [0.2, 0.25) is 0 Å². The zero-order valence-corrected chi connectivity index (χ0v) is 12.5. The number of ketones is 2. The maximum Gasteiger partial charge on any atom is 0.169 e. The number of Topliss-reactive ketones (excluding diaryl/α,β-unsaturated/α-hetero) is 2. The minimum absolute atomic E-state index is 0.218. The summed E-state index contributed by atoms with van der Waals surface area (Å²) in [5.41, 5.74) is 1.85. The van der Waals surface area contributed by atoms with Gasteiger partial charge < -0.3 is 0 Å². The summed E-state index contributed by atoms with van der Waals surface area (Å²) in [4.78, 5) is 24.3. The first-order chi connectivity index (χ1) is 9.11. The molecule has 1 fully saturated rings. The largest absolute Gasteiger partial charge is 0.300 e. The zero-order chi connectivity index (χ0) is 13.5. The molecule has 0 N–H and O–H groups in total. The Balaban J connectivity index is 1.90. The first-order valence-electron chi connectivity index (χ1n) is 6.96. The molecule has 2 aliphatic carbocycles. The summed E-state index contributed by atoms with van der Waals surface area (Å²) in [6, 6.07) is 6.03. The van der Waals surface area contributed by atoms with Crippen LogP contribution < -0.4 is 0 Å². The second kappa shape index (κ2) is 4.86. The van der Waals surface area contributed by atoms with Crippen molar-refractivity contribution in [3.63, 3.8) is 0 Å². The molecule has 0 unspecified atom stereocenters. The third kappa shape index (κ3) is 2.29. The highest BCUT2D eigenvalue weighted by Crippen LogP contribution is 2.45. The molecule has 19 heavy (non-hydrogen) atoms. The minimum Gasteiger partial charge on any atom is -0.300 e. The van der Waals surface area contributed by atoms with E-state index >= 15 is 0 Å². The average Bonchev–Trinajstić information content (AvgIpc) is 2.62. The highest BCUT2D eigenvalue weighted by atomic mass is 79.9. The van der Waals surface area contributed by atoms with Gasteiger partial charge in [0.05, 0.1) is 0 Å². The van der Waals surface area contributed by atoms with E-state index in [-0.39, 0.29) is 5.41 Å². The molecule has 1 aromatic rings. The SMILES string of the molecule is O=C1CCCC2(CCC1)Cc1ccc(Br)cc1C2=O. The van der Waals surface area contributed by atoms with E-state index in [4.69, 9.17) is 0 Å². The summed E-state index contributed by atoms with van der Waals surface area (Å²) in [6.07, 6.45) is 5.61. The number of carbonyl (C=O) groups excluding carboxylic acids is 2. The highest BCUT2D eigenvalue weighted by molar-refractivity contribution is 9.10. The second-order valence-electron chi connectivity index (χ2n) is 5.83. The van der Waals surface area contributed by atoms with Gasteiger partial charge in [-0.1, -0.05) is 22.0 Å².